The number of H-pyrrole nitrogens is 1. The summed E-state index contributed by atoms with van der Waals surface area (Å²) in [5.74, 6) is 0.390. The minimum atomic E-state index is -0.256. The number of nitrogens with one attached hydrogen (secondary N) is 3. The van der Waals surface area contributed by atoms with E-state index in [9.17, 15) is 9.59 Å². The number of benzene rings is 1. The first-order chi connectivity index (χ1) is 10.4. The normalized spacial score (nSPS) is 11.0. The number of rotatable bonds is 4. The van der Waals surface area contributed by atoms with E-state index in [1.54, 1.807) is 0 Å². The van der Waals surface area contributed by atoms with Crippen molar-refractivity contribution in [2.24, 2.45) is 5.92 Å². The van der Waals surface area contributed by atoms with Crippen molar-refractivity contribution < 1.29 is 4.79 Å². The predicted octanol–water partition coefficient (Wildman–Crippen LogP) is 2.60. The molecule has 0 atom stereocenters. The molecule has 2 aromatic rings. The van der Waals surface area contributed by atoms with Crippen molar-refractivity contribution in [3.63, 3.8) is 0 Å². The molecule has 5 heteroatoms. The number of carbonyl (C=O) groups is 1. The van der Waals surface area contributed by atoms with Crippen molar-refractivity contribution in [3.05, 3.63) is 45.2 Å². The van der Waals surface area contributed by atoms with Crippen LogP contribution < -0.4 is 16.2 Å². The Morgan fingerprint density at radius 3 is 2.50 bits per heavy atom. The number of aromatic nitrogens is 1. The molecule has 0 radical (unpaired) electrons. The van der Waals surface area contributed by atoms with E-state index in [4.69, 9.17) is 0 Å². The number of amides is 2. The van der Waals surface area contributed by atoms with Crippen molar-refractivity contribution in [2.75, 3.05) is 6.54 Å². The Morgan fingerprint density at radius 1 is 1.14 bits per heavy atom. The Morgan fingerprint density at radius 2 is 1.82 bits per heavy atom. The summed E-state index contributed by atoms with van der Waals surface area (Å²) in [6.45, 7) is 8.93. The van der Waals surface area contributed by atoms with E-state index in [1.807, 2.05) is 45.9 Å². The Balaban J connectivity index is 2.14. The van der Waals surface area contributed by atoms with Gasteiger partial charge in [-0.25, -0.2) is 4.79 Å². The van der Waals surface area contributed by atoms with Crippen LogP contribution in [0.3, 0.4) is 0 Å². The van der Waals surface area contributed by atoms with Crippen molar-refractivity contribution >= 4 is 16.9 Å². The van der Waals surface area contributed by atoms with E-state index in [-0.39, 0.29) is 18.1 Å². The molecule has 0 saturated carbocycles. The lowest BCUT2D eigenvalue weighted by molar-refractivity contribution is 0.239. The summed E-state index contributed by atoms with van der Waals surface area (Å²) in [5.41, 5.74) is 3.52. The maximum atomic E-state index is 12.1. The molecule has 0 unspecified atom stereocenters. The molecule has 0 spiro atoms. The summed E-state index contributed by atoms with van der Waals surface area (Å²) in [4.78, 5) is 26.6. The lowest BCUT2D eigenvalue weighted by Crippen LogP contribution is -2.38. The number of hydrogen-bond acceptors (Lipinski definition) is 2. The molecule has 2 rings (SSSR count). The smallest absolute Gasteiger partial charge is 0.315 e. The van der Waals surface area contributed by atoms with Gasteiger partial charge in [0.2, 0.25) is 0 Å². The maximum absolute atomic E-state index is 12.1. The van der Waals surface area contributed by atoms with Crippen LogP contribution in [0.1, 0.15) is 30.5 Å². The fourth-order valence-corrected chi connectivity index (χ4v) is 2.19. The van der Waals surface area contributed by atoms with Gasteiger partial charge in [0.25, 0.3) is 5.56 Å². The van der Waals surface area contributed by atoms with E-state index in [0.717, 1.165) is 16.5 Å². The van der Waals surface area contributed by atoms with Crippen molar-refractivity contribution in [2.45, 2.75) is 34.2 Å². The fraction of sp³-hybridized carbons (Fsp3) is 0.412. The molecule has 0 bridgehead atoms. The zero-order valence-corrected chi connectivity index (χ0v) is 13.5. The SMILES string of the molecule is Cc1cc2cc(CNC(=O)NCC(C)C)c(=O)[nH]c2cc1C. The van der Waals surface area contributed by atoms with Gasteiger partial charge in [0.15, 0.2) is 0 Å². The summed E-state index contributed by atoms with van der Waals surface area (Å²) in [6.07, 6.45) is 0. The maximum Gasteiger partial charge on any atom is 0.315 e. The molecule has 0 saturated heterocycles. The van der Waals surface area contributed by atoms with Crippen molar-refractivity contribution in [3.8, 4) is 0 Å². The van der Waals surface area contributed by atoms with Crippen LogP contribution in [0.15, 0.2) is 23.0 Å². The van der Waals surface area contributed by atoms with E-state index in [2.05, 4.69) is 15.6 Å². The lowest BCUT2D eigenvalue weighted by Gasteiger charge is -2.10. The van der Waals surface area contributed by atoms with Crippen LogP contribution in [-0.4, -0.2) is 17.6 Å². The monoisotopic (exact) mass is 301 g/mol. The van der Waals surface area contributed by atoms with Crippen molar-refractivity contribution in [1.82, 2.24) is 15.6 Å². The zero-order chi connectivity index (χ0) is 16.3. The highest BCUT2D eigenvalue weighted by atomic mass is 16.2. The van der Waals surface area contributed by atoms with E-state index in [1.165, 1.54) is 5.56 Å². The van der Waals surface area contributed by atoms with Gasteiger partial charge in [-0.3, -0.25) is 4.79 Å². The Hall–Kier alpha value is -2.30. The van der Waals surface area contributed by atoms with Crippen LogP contribution in [0, 0.1) is 19.8 Å². The highest BCUT2D eigenvalue weighted by molar-refractivity contribution is 5.81. The van der Waals surface area contributed by atoms with Crippen LogP contribution >= 0.6 is 0 Å². The molecular weight excluding hydrogens is 278 g/mol. The average Bonchev–Trinajstić information content (AvgIpc) is 2.45. The van der Waals surface area contributed by atoms with Gasteiger partial charge in [-0.1, -0.05) is 13.8 Å². The largest absolute Gasteiger partial charge is 0.338 e. The lowest BCUT2D eigenvalue weighted by atomic mass is 10.1. The molecule has 1 aromatic carbocycles. The molecule has 0 aliphatic rings. The minimum Gasteiger partial charge on any atom is -0.338 e. The summed E-state index contributed by atoms with van der Waals surface area (Å²) in [7, 11) is 0. The van der Waals surface area contributed by atoms with Gasteiger partial charge in [0.1, 0.15) is 0 Å². The van der Waals surface area contributed by atoms with Gasteiger partial charge < -0.3 is 15.6 Å². The molecule has 5 nitrogen and oxygen atoms in total. The number of hydrogen-bond donors (Lipinski definition) is 3. The number of pyridine rings is 1. The first-order valence-corrected chi connectivity index (χ1v) is 7.51. The highest BCUT2D eigenvalue weighted by Gasteiger charge is 2.07. The molecule has 0 fully saturated rings. The van der Waals surface area contributed by atoms with Gasteiger partial charge in [0, 0.05) is 24.2 Å². The molecule has 1 heterocycles. The molecule has 3 N–H and O–H groups in total. The molecule has 1 aromatic heterocycles. The van der Waals surface area contributed by atoms with Gasteiger partial charge in [0.05, 0.1) is 0 Å². The van der Waals surface area contributed by atoms with E-state index >= 15 is 0 Å². The van der Waals surface area contributed by atoms with Crippen LogP contribution in [-0.2, 0) is 6.54 Å². The Labute approximate surface area is 130 Å². The molecule has 0 aliphatic carbocycles. The summed E-state index contributed by atoms with van der Waals surface area (Å²) in [6, 6.07) is 5.60. The predicted molar refractivity (Wildman–Crippen MR) is 89.1 cm³/mol. The second-order valence-electron chi connectivity index (χ2n) is 6.10. The third-order valence-corrected chi connectivity index (χ3v) is 3.65. The van der Waals surface area contributed by atoms with E-state index in [0.29, 0.717) is 18.0 Å². The molecule has 2 amide bonds. The zero-order valence-electron chi connectivity index (χ0n) is 13.5. The van der Waals surface area contributed by atoms with Gasteiger partial charge in [-0.15, -0.1) is 0 Å². The topological polar surface area (TPSA) is 74.0 Å². The molecule has 22 heavy (non-hydrogen) atoms. The van der Waals surface area contributed by atoms with Gasteiger partial charge in [-0.2, -0.15) is 0 Å². The number of urea groups is 1. The number of aryl methyl sites for hydroxylation is 2. The van der Waals surface area contributed by atoms with Crippen molar-refractivity contribution in [1.29, 1.82) is 0 Å². The number of aromatic amines is 1. The molecule has 0 aliphatic heterocycles. The molecule has 118 valence electrons. The van der Waals surface area contributed by atoms with Gasteiger partial charge in [-0.05, 0) is 54.5 Å². The first-order valence-electron chi connectivity index (χ1n) is 7.51. The number of fused-ring (bicyclic) bond motifs is 1. The second-order valence-corrected chi connectivity index (χ2v) is 6.10. The average molecular weight is 301 g/mol. The minimum absolute atomic E-state index is 0.167. The summed E-state index contributed by atoms with van der Waals surface area (Å²) in [5, 5.41) is 6.45. The van der Waals surface area contributed by atoms with Gasteiger partial charge >= 0.3 is 6.03 Å². The van der Waals surface area contributed by atoms with E-state index < -0.39 is 0 Å². The standard InChI is InChI=1S/C17H23N3O2/c1-10(2)8-18-17(22)19-9-14-7-13-5-11(3)12(4)6-15(13)20-16(14)21/h5-7,10H,8-9H2,1-4H3,(H,20,21)(H2,18,19,22). The first kappa shape index (κ1) is 16.1. The molecular formula is C17H23N3O2. The fourth-order valence-electron chi connectivity index (χ4n) is 2.19. The third-order valence-electron chi connectivity index (χ3n) is 3.65. The highest BCUT2D eigenvalue weighted by Crippen LogP contribution is 2.17. The quantitative estimate of drug-likeness (QED) is 0.812. The van der Waals surface area contributed by atoms with Crippen LogP contribution in [0.25, 0.3) is 10.9 Å². The van der Waals surface area contributed by atoms with Crippen LogP contribution in [0.4, 0.5) is 4.79 Å². The number of carbonyl (C=O) groups excluding carboxylic acids is 1. The van der Waals surface area contributed by atoms with Crippen LogP contribution in [0.2, 0.25) is 0 Å². The Bertz CT molecular complexity index is 747. The third kappa shape index (κ3) is 3.87. The summed E-state index contributed by atoms with van der Waals surface area (Å²) < 4.78 is 0. The second kappa shape index (κ2) is 6.64. The Kier molecular flexibility index (Phi) is 4.85. The van der Waals surface area contributed by atoms with Crippen LogP contribution in [0.5, 0.6) is 0 Å². The summed E-state index contributed by atoms with van der Waals surface area (Å²) >= 11 is 0.